The second-order valence-corrected chi connectivity index (χ2v) is 3.61. The Hall–Kier alpha value is -1.92. The summed E-state index contributed by atoms with van der Waals surface area (Å²) in [5.74, 6) is -2.85. The average Bonchev–Trinajstić information content (AvgIpc) is 2.38. The van der Waals surface area contributed by atoms with Gasteiger partial charge in [0.15, 0.2) is 0 Å². The Morgan fingerprint density at radius 2 is 1.89 bits per heavy atom. The van der Waals surface area contributed by atoms with Crippen LogP contribution < -0.4 is 0 Å². The first-order valence-electron chi connectivity index (χ1n) is 5.34. The van der Waals surface area contributed by atoms with Crippen molar-refractivity contribution < 1.29 is 29.6 Å². The number of benzene rings is 1. The van der Waals surface area contributed by atoms with Crippen molar-refractivity contribution in [2.75, 3.05) is 6.61 Å². The van der Waals surface area contributed by atoms with Gasteiger partial charge in [-0.15, -0.1) is 0 Å². The smallest absolute Gasteiger partial charge is 0.385 e. The molecule has 6 heteroatoms. The Bertz CT molecular complexity index is 416. The van der Waals surface area contributed by atoms with E-state index < -0.39 is 17.5 Å². The lowest BCUT2D eigenvalue weighted by Crippen LogP contribution is -2.51. The molecule has 0 amide bonds. The van der Waals surface area contributed by atoms with Crippen LogP contribution in [-0.2, 0) is 25.6 Å². The van der Waals surface area contributed by atoms with Gasteiger partial charge >= 0.3 is 11.9 Å². The molecule has 0 spiro atoms. The molecule has 0 radical (unpaired) electrons. The summed E-state index contributed by atoms with van der Waals surface area (Å²) in [6.45, 7) is 1.54. The molecule has 1 unspecified atom stereocenters. The molecule has 0 fully saturated rings. The monoisotopic (exact) mass is 254 g/mol. The van der Waals surface area contributed by atoms with Gasteiger partial charge in [0.1, 0.15) is 0 Å². The molecule has 0 aromatic heterocycles. The van der Waals surface area contributed by atoms with E-state index in [1.807, 2.05) is 0 Å². The van der Waals surface area contributed by atoms with Gasteiger partial charge in [-0.05, 0) is 12.5 Å². The Morgan fingerprint density at radius 3 is 2.33 bits per heavy atom. The summed E-state index contributed by atoms with van der Waals surface area (Å²) >= 11 is 0. The molecule has 98 valence electrons. The predicted octanol–water partition coefficient (Wildman–Crippen LogP) is 1.11. The number of hydrogen-bond donors (Lipinski definition) is 2. The highest BCUT2D eigenvalue weighted by atomic mass is 17.1. The minimum absolute atomic E-state index is 0.00572. The average molecular weight is 254 g/mol. The molecule has 0 aliphatic heterocycles. The molecule has 0 saturated heterocycles. The topological polar surface area (TPSA) is 93.1 Å². The SMILES string of the molecule is CCOC(Cc1ccccc1)(C(=O)O)C(=O)OO. The third kappa shape index (κ3) is 2.85. The van der Waals surface area contributed by atoms with Crippen molar-refractivity contribution in [2.45, 2.75) is 18.9 Å². The molecular formula is C12H14O6. The zero-order valence-electron chi connectivity index (χ0n) is 9.83. The summed E-state index contributed by atoms with van der Waals surface area (Å²) in [6, 6.07) is 8.48. The number of carbonyl (C=O) groups is 2. The maximum Gasteiger partial charge on any atom is 0.385 e. The van der Waals surface area contributed by atoms with Crippen molar-refractivity contribution in [3.8, 4) is 0 Å². The molecule has 0 saturated carbocycles. The zero-order valence-corrected chi connectivity index (χ0v) is 9.83. The van der Waals surface area contributed by atoms with Gasteiger partial charge in [0, 0.05) is 13.0 Å². The van der Waals surface area contributed by atoms with Crippen molar-refractivity contribution in [1.29, 1.82) is 0 Å². The van der Waals surface area contributed by atoms with Gasteiger partial charge in [-0.25, -0.2) is 9.59 Å². The van der Waals surface area contributed by atoms with Crippen LogP contribution in [-0.4, -0.2) is 34.5 Å². The van der Waals surface area contributed by atoms with Crippen LogP contribution in [0.4, 0.5) is 0 Å². The molecule has 0 aliphatic rings. The van der Waals surface area contributed by atoms with Crippen molar-refractivity contribution in [1.82, 2.24) is 0 Å². The van der Waals surface area contributed by atoms with Crippen LogP contribution in [0.5, 0.6) is 0 Å². The molecule has 1 aromatic carbocycles. The molecule has 1 rings (SSSR count). The summed E-state index contributed by atoms with van der Waals surface area (Å²) in [5, 5.41) is 17.6. The largest absolute Gasteiger partial charge is 0.479 e. The number of aliphatic carboxylic acids is 1. The van der Waals surface area contributed by atoms with Gasteiger partial charge in [-0.2, -0.15) is 5.26 Å². The van der Waals surface area contributed by atoms with Crippen LogP contribution in [0.1, 0.15) is 12.5 Å². The highest BCUT2D eigenvalue weighted by Crippen LogP contribution is 2.20. The second kappa shape index (κ2) is 6.13. The Kier molecular flexibility index (Phi) is 4.82. The molecule has 2 N–H and O–H groups in total. The van der Waals surface area contributed by atoms with Gasteiger partial charge < -0.3 is 9.84 Å². The molecule has 1 aromatic rings. The number of ether oxygens (including phenoxy) is 1. The van der Waals surface area contributed by atoms with E-state index in [-0.39, 0.29) is 13.0 Å². The fraction of sp³-hybridized carbons (Fsp3) is 0.333. The fourth-order valence-electron chi connectivity index (χ4n) is 1.61. The first kappa shape index (κ1) is 14.1. The molecular weight excluding hydrogens is 240 g/mol. The Morgan fingerprint density at radius 1 is 1.28 bits per heavy atom. The van der Waals surface area contributed by atoms with Gasteiger partial charge in [-0.3, -0.25) is 4.89 Å². The number of carboxylic acids is 1. The van der Waals surface area contributed by atoms with Crippen LogP contribution >= 0.6 is 0 Å². The molecule has 0 heterocycles. The normalized spacial score (nSPS) is 13.7. The van der Waals surface area contributed by atoms with E-state index in [1.165, 1.54) is 0 Å². The molecule has 0 bridgehead atoms. The van der Waals surface area contributed by atoms with Gasteiger partial charge in [-0.1, -0.05) is 30.3 Å². The van der Waals surface area contributed by atoms with Gasteiger partial charge in [0.25, 0.3) is 5.60 Å². The summed E-state index contributed by atoms with van der Waals surface area (Å²) in [7, 11) is 0. The predicted molar refractivity (Wildman–Crippen MR) is 60.9 cm³/mol. The van der Waals surface area contributed by atoms with E-state index >= 15 is 0 Å². The Labute approximate surface area is 104 Å². The molecule has 0 aliphatic carbocycles. The van der Waals surface area contributed by atoms with E-state index in [9.17, 15) is 14.7 Å². The van der Waals surface area contributed by atoms with E-state index in [1.54, 1.807) is 37.3 Å². The van der Waals surface area contributed by atoms with Crippen molar-refractivity contribution in [3.05, 3.63) is 35.9 Å². The zero-order chi connectivity index (χ0) is 13.6. The van der Waals surface area contributed by atoms with Crippen LogP contribution in [0, 0.1) is 0 Å². The van der Waals surface area contributed by atoms with Crippen LogP contribution in [0.3, 0.4) is 0 Å². The number of rotatable bonds is 6. The molecule has 18 heavy (non-hydrogen) atoms. The lowest BCUT2D eigenvalue weighted by atomic mass is 9.94. The van der Waals surface area contributed by atoms with E-state index in [0.717, 1.165) is 0 Å². The Balaban J connectivity index is 3.10. The number of carbonyl (C=O) groups excluding carboxylic acids is 1. The number of hydrogen-bond acceptors (Lipinski definition) is 5. The van der Waals surface area contributed by atoms with Crippen LogP contribution in [0.15, 0.2) is 30.3 Å². The number of carboxylic acid groups (broad SMARTS) is 1. The fourth-order valence-corrected chi connectivity index (χ4v) is 1.61. The van der Waals surface area contributed by atoms with Gasteiger partial charge in [0.2, 0.25) is 0 Å². The van der Waals surface area contributed by atoms with Crippen molar-refractivity contribution >= 4 is 11.9 Å². The first-order chi connectivity index (χ1) is 8.56. The third-order valence-electron chi connectivity index (χ3n) is 2.44. The first-order valence-corrected chi connectivity index (χ1v) is 5.34. The maximum absolute atomic E-state index is 11.5. The summed E-state index contributed by atoms with van der Waals surface area (Å²) < 4.78 is 5.01. The van der Waals surface area contributed by atoms with Crippen LogP contribution in [0.2, 0.25) is 0 Å². The summed E-state index contributed by atoms with van der Waals surface area (Å²) in [4.78, 5) is 26.3. The lowest BCUT2D eigenvalue weighted by Gasteiger charge is -2.25. The van der Waals surface area contributed by atoms with Crippen LogP contribution in [0.25, 0.3) is 0 Å². The van der Waals surface area contributed by atoms with Crippen molar-refractivity contribution in [3.63, 3.8) is 0 Å². The highest BCUT2D eigenvalue weighted by Gasteiger charge is 2.49. The van der Waals surface area contributed by atoms with E-state index in [2.05, 4.69) is 4.89 Å². The molecule has 6 nitrogen and oxygen atoms in total. The maximum atomic E-state index is 11.5. The summed E-state index contributed by atoms with van der Waals surface area (Å²) in [6.07, 6.45) is -0.226. The van der Waals surface area contributed by atoms with Crippen molar-refractivity contribution in [2.24, 2.45) is 0 Å². The molecule has 1 atom stereocenters. The van der Waals surface area contributed by atoms with E-state index in [0.29, 0.717) is 5.56 Å². The minimum Gasteiger partial charge on any atom is -0.479 e. The second-order valence-electron chi connectivity index (χ2n) is 3.61. The highest BCUT2D eigenvalue weighted by molar-refractivity contribution is 6.02. The quantitative estimate of drug-likeness (QED) is 0.448. The van der Waals surface area contributed by atoms with Gasteiger partial charge in [0.05, 0.1) is 0 Å². The third-order valence-corrected chi connectivity index (χ3v) is 2.44. The lowest BCUT2D eigenvalue weighted by molar-refractivity contribution is -0.255. The van der Waals surface area contributed by atoms with E-state index in [4.69, 9.17) is 9.99 Å². The minimum atomic E-state index is -2.23. The summed E-state index contributed by atoms with van der Waals surface area (Å²) in [5.41, 5.74) is -1.65. The standard InChI is InChI=1S/C12H14O6/c1-2-17-12(10(13)14,11(15)18-16)8-9-6-4-3-5-7-9/h3-7,16H,2,8H2,1H3,(H,13,14).